The first kappa shape index (κ1) is 37.7. The van der Waals surface area contributed by atoms with Crippen molar-refractivity contribution in [3.8, 4) is 0 Å². The van der Waals surface area contributed by atoms with E-state index in [-0.39, 0.29) is 36.7 Å². The average Bonchev–Trinajstić information content (AvgIpc) is 3.92. The van der Waals surface area contributed by atoms with E-state index in [4.69, 9.17) is 9.47 Å². The van der Waals surface area contributed by atoms with Crippen molar-refractivity contribution in [2.45, 2.75) is 75.4 Å². The molecule has 5 atom stereocenters. The van der Waals surface area contributed by atoms with E-state index in [1.807, 2.05) is 91.9 Å². The predicted octanol–water partition coefficient (Wildman–Crippen LogP) is 7.40. The van der Waals surface area contributed by atoms with Gasteiger partial charge in [0.25, 0.3) is 11.8 Å². The minimum atomic E-state index is -3.48. The molecule has 4 heterocycles. The van der Waals surface area contributed by atoms with Crippen LogP contribution in [0.1, 0.15) is 65.7 Å². The Morgan fingerprint density at radius 1 is 1.00 bits per heavy atom. The second-order valence-corrected chi connectivity index (χ2v) is 19.4. The van der Waals surface area contributed by atoms with Crippen LogP contribution in [0, 0.1) is 5.92 Å². The lowest BCUT2D eigenvalue weighted by molar-refractivity contribution is -0.146. The molecular weight excluding hydrogens is 730 g/mol. The third-order valence-electron chi connectivity index (χ3n) is 11.9. The normalized spacial score (nSPS) is 22.1. The van der Waals surface area contributed by atoms with Gasteiger partial charge in [-0.15, -0.1) is 5.10 Å². The highest BCUT2D eigenvalue weighted by Crippen LogP contribution is 2.61. The van der Waals surface area contributed by atoms with Gasteiger partial charge in [-0.2, -0.15) is 0 Å². The molecule has 0 aliphatic carbocycles. The number of ether oxygens (including phenoxy) is 2. The Morgan fingerprint density at radius 2 is 1.77 bits per heavy atom. The highest BCUT2D eigenvalue weighted by molar-refractivity contribution is 6.72. The number of hydrogen-bond acceptors (Lipinski definition) is 8. The molecule has 1 saturated heterocycles. The highest BCUT2D eigenvalue weighted by atomic mass is 28.4. The van der Waals surface area contributed by atoms with Crippen LogP contribution in [0.5, 0.6) is 0 Å². The van der Waals surface area contributed by atoms with Crippen molar-refractivity contribution in [2.24, 2.45) is 5.92 Å². The van der Waals surface area contributed by atoms with Crippen molar-refractivity contribution < 1.29 is 33.1 Å². The Labute approximate surface area is 326 Å². The van der Waals surface area contributed by atoms with Gasteiger partial charge in [-0.05, 0) is 73.6 Å². The van der Waals surface area contributed by atoms with Crippen molar-refractivity contribution in [2.75, 3.05) is 30.1 Å². The minimum Gasteiger partial charge on any atom is -0.469 e. The van der Waals surface area contributed by atoms with Crippen LogP contribution in [0.3, 0.4) is 0 Å². The zero-order valence-corrected chi connectivity index (χ0v) is 33.0. The molecule has 1 spiro atoms. The summed E-state index contributed by atoms with van der Waals surface area (Å²) in [5.74, 6) is -1.63. The van der Waals surface area contributed by atoms with E-state index in [0.29, 0.717) is 60.5 Å². The molecule has 0 saturated carbocycles. The van der Waals surface area contributed by atoms with Crippen LogP contribution in [0.15, 0.2) is 91.1 Å². The molecule has 3 aliphatic rings. The predicted molar refractivity (Wildman–Crippen MR) is 213 cm³/mol. The van der Waals surface area contributed by atoms with Gasteiger partial charge in [0, 0.05) is 53.8 Å². The topological polar surface area (TPSA) is 127 Å². The number of halogens is 1. The zero-order chi connectivity index (χ0) is 39.4. The van der Waals surface area contributed by atoms with Crippen LogP contribution >= 0.6 is 0 Å². The molecule has 4 aromatic carbocycles. The fraction of sp³-hybridized carbons (Fsp3) is 0.372. The second-order valence-electron chi connectivity index (χ2n) is 15.6. The molecule has 1 N–H and O–H groups in total. The molecule has 56 heavy (non-hydrogen) atoms. The molecule has 1 aromatic heterocycles. The number of hydrogen-bond donors (Lipinski definition) is 1. The Hall–Kier alpha value is -5.24. The number of aliphatic hydroxyl groups excluding tert-OH is 1. The van der Waals surface area contributed by atoms with Crippen molar-refractivity contribution in [1.82, 2.24) is 15.0 Å². The second kappa shape index (κ2) is 14.7. The lowest BCUT2D eigenvalue weighted by Crippen LogP contribution is -2.45. The zero-order valence-electron chi connectivity index (χ0n) is 32.0. The quantitative estimate of drug-likeness (QED) is 0.0568. The van der Waals surface area contributed by atoms with Crippen LogP contribution in [0.4, 0.5) is 21.2 Å². The summed E-state index contributed by atoms with van der Waals surface area (Å²) in [6.45, 7) is 5.82. The SMILES string of the molecule is COC(=O)CCCCN1C(=O)[C@@]2(O[C@@H](CCn3cc(C(CO)c4ccccc4)nn3)[C@H]([Si](C)(C)F)[C@H]2C)c2cc(N3C(=O)c4cccc5cccc3c45)ccc21. The first-order valence-electron chi connectivity index (χ1n) is 19.3. The number of nitrogens with zero attached hydrogens (tertiary/aromatic N) is 5. The van der Waals surface area contributed by atoms with Crippen molar-refractivity contribution in [3.05, 3.63) is 114 Å². The summed E-state index contributed by atoms with van der Waals surface area (Å²) >= 11 is 0. The summed E-state index contributed by atoms with van der Waals surface area (Å²) in [6, 6.07) is 26.8. The van der Waals surface area contributed by atoms with E-state index in [2.05, 4.69) is 10.3 Å². The molecule has 0 radical (unpaired) electrons. The molecule has 13 heteroatoms. The third-order valence-corrected chi connectivity index (χ3v) is 14.4. The summed E-state index contributed by atoms with van der Waals surface area (Å²) in [4.78, 5) is 44.4. The third kappa shape index (κ3) is 6.22. The molecule has 3 aliphatic heterocycles. The van der Waals surface area contributed by atoms with Crippen LogP contribution < -0.4 is 9.80 Å². The van der Waals surface area contributed by atoms with E-state index in [9.17, 15) is 14.7 Å². The summed E-state index contributed by atoms with van der Waals surface area (Å²) in [6.07, 6.45) is 2.84. The van der Waals surface area contributed by atoms with Gasteiger partial charge in [-0.1, -0.05) is 66.7 Å². The smallest absolute Gasteiger partial charge is 0.305 e. The number of rotatable bonds is 13. The number of benzene rings is 4. The number of aromatic nitrogens is 3. The van der Waals surface area contributed by atoms with Crippen LogP contribution in [0.25, 0.3) is 10.8 Å². The van der Waals surface area contributed by atoms with E-state index in [1.54, 1.807) is 33.8 Å². The first-order valence-corrected chi connectivity index (χ1v) is 22.3. The maximum absolute atomic E-state index is 16.7. The summed E-state index contributed by atoms with van der Waals surface area (Å²) in [5, 5.41) is 20.8. The van der Waals surface area contributed by atoms with Crippen LogP contribution in [-0.4, -0.2) is 72.7 Å². The van der Waals surface area contributed by atoms with Gasteiger partial charge in [0.1, 0.15) is 0 Å². The van der Waals surface area contributed by atoms with Crippen LogP contribution in [0.2, 0.25) is 18.6 Å². The van der Waals surface area contributed by atoms with Gasteiger partial charge in [0.15, 0.2) is 5.60 Å². The number of carbonyl (C=O) groups is 3. The molecular formula is C43H46FN5O6Si. The fourth-order valence-electron chi connectivity index (χ4n) is 9.38. The number of esters is 1. The first-order chi connectivity index (χ1) is 27.0. The van der Waals surface area contributed by atoms with Gasteiger partial charge in [-0.25, -0.2) is 0 Å². The average molecular weight is 776 g/mol. The molecule has 1 fully saturated rings. The van der Waals surface area contributed by atoms with Gasteiger partial charge >= 0.3 is 5.97 Å². The van der Waals surface area contributed by atoms with E-state index in [1.165, 1.54) is 7.11 Å². The van der Waals surface area contributed by atoms with Crippen molar-refractivity contribution in [1.29, 1.82) is 0 Å². The van der Waals surface area contributed by atoms with Gasteiger partial charge in [0.05, 0.1) is 48.4 Å². The van der Waals surface area contributed by atoms with Gasteiger partial charge < -0.3 is 23.6 Å². The van der Waals surface area contributed by atoms with E-state index >= 15 is 8.90 Å². The maximum atomic E-state index is 16.7. The molecule has 11 nitrogen and oxygen atoms in total. The molecule has 8 rings (SSSR count). The van der Waals surface area contributed by atoms with Crippen LogP contribution in [-0.2, 0) is 31.2 Å². The Balaban J connectivity index is 1.15. The fourth-order valence-corrected chi connectivity index (χ4v) is 11.9. The van der Waals surface area contributed by atoms with Gasteiger partial charge in [0.2, 0.25) is 8.41 Å². The number of anilines is 3. The Morgan fingerprint density at radius 3 is 2.50 bits per heavy atom. The molecule has 5 aromatic rings. The Kier molecular flexibility index (Phi) is 9.88. The number of amides is 2. The number of aryl methyl sites for hydroxylation is 1. The minimum absolute atomic E-state index is 0.134. The number of unbranched alkanes of at least 4 members (excludes halogenated alkanes) is 1. The highest BCUT2D eigenvalue weighted by Gasteiger charge is 2.66. The molecule has 2 amide bonds. The summed E-state index contributed by atoms with van der Waals surface area (Å²) in [7, 11) is -2.13. The van der Waals surface area contributed by atoms with E-state index < -0.39 is 31.6 Å². The lowest BCUT2D eigenvalue weighted by Gasteiger charge is -2.31. The van der Waals surface area contributed by atoms with Crippen molar-refractivity contribution in [3.63, 3.8) is 0 Å². The number of aliphatic hydroxyl groups is 1. The van der Waals surface area contributed by atoms with E-state index in [0.717, 1.165) is 22.0 Å². The van der Waals surface area contributed by atoms with Crippen molar-refractivity contribution >= 4 is 54.0 Å². The number of carbonyl (C=O) groups excluding carboxylic acids is 3. The monoisotopic (exact) mass is 775 g/mol. The summed E-state index contributed by atoms with van der Waals surface area (Å²) in [5.41, 5.74) is 2.71. The molecule has 1 unspecified atom stereocenters. The number of methoxy groups -OCH3 is 1. The standard InChI is InChI=1S/C43H46FN5O6Si/c1-27-40(56(3,4)44)37(21-23-47-25-34(45-46-47)32(26-50)28-12-6-5-7-13-28)55-43(27)33-24-30(19-20-35(33)48(42(43)53)22-9-8-18-38(51)54-2)49-36-17-11-15-29-14-10-16-31(39(29)36)41(49)52/h5-7,10-17,19-20,24-25,27,32,37,40,50H,8-9,18,21-23,26H2,1-4H3/t27-,32?,37+,40-,43+/m1/s1. The molecule has 0 bridgehead atoms. The van der Waals surface area contributed by atoms with Gasteiger partial charge in [-0.3, -0.25) is 24.0 Å². The molecule has 290 valence electrons. The lowest BCUT2D eigenvalue weighted by atomic mass is 9.82. The maximum Gasteiger partial charge on any atom is 0.305 e. The number of fused-ring (bicyclic) bond motifs is 2. The largest absolute Gasteiger partial charge is 0.469 e. The Bertz CT molecular complexity index is 2310. The summed E-state index contributed by atoms with van der Waals surface area (Å²) < 4.78 is 30.3.